The molecule has 228 valence electrons. The van der Waals surface area contributed by atoms with Crippen LogP contribution in [0, 0.1) is 18.3 Å². The Morgan fingerprint density at radius 2 is 1.80 bits per heavy atom. The Hall–Kier alpha value is -1.14. The van der Waals surface area contributed by atoms with E-state index in [0.717, 1.165) is 5.75 Å². The molecule has 0 saturated carbocycles. The third-order valence-electron chi connectivity index (χ3n) is 5.96. The first kappa shape index (κ1) is 35.1. The van der Waals surface area contributed by atoms with Crippen molar-refractivity contribution < 1.29 is 28.5 Å². The van der Waals surface area contributed by atoms with Gasteiger partial charge in [0.25, 0.3) is 5.56 Å². The van der Waals surface area contributed by atoms with Crippen LogP contribution in [-0.2, 0) is 18.7 Å². The molecule has 1 aromatic heterocycles. The van der Waals surface area contributed by atoms with E-state index in [0.29, 0.717) is 23.7 Å². The van der Waals surface area contributed by atoms with Crippen molar-refractivity contribution in [2.45, 2.75) is 77.7 Å². The van der Waals surface area contributed by atoms with E-state index in [1.165, 1.54) is 10.8 Å². The minimum absolute atomic E-state index is 0.0367. The zero-order chi connectivity index (χ0) is 29.8. The van der Waals surface area contributed by atoms with E-state index in [1.807, 2.05) is 50.9 Å². The Labute approximate surface area is 246 Å². The molecule has 0 amide bonds. The molecule has 1 saturated heterocycles. The van der Waals surface area contributed by atoms with E-state index >= 15 is 0 Å². The fourth-order valence-electron chi connectivity index (χ4n) is 4.14. The lowest BCUT2D eigenvalue weighted by Gasteiger charge is -2.34. The number of rotatable bonds is 18. The molecule has 1 aliphatic rings. The van der Waals surface area contributed by atoms with Crippen LogP contribution in [0.2, 0.25) is 0 Å². The molecule has 2 rings (SSSR count). The lowest BCUT2D eigenvalue weighted by atomic mass is 10.1. The number of aliphatic hydroxyl groups is 1. The first-order chi connectivity index (χ1) is 19.1. The minimum atomic E-state index is -1.93. The van der Waals surface area contributed by atoms with Gasteiger partial charge in [0.2, 0.25) is 0 Å². The van der Waals surface area contributed by atoms with Crippen LogP contribution >= 0.6 is 32.0 Å². The molecule has 40 heavy (non-hydrogen) atoms. The van der Waals surface area contributed by atoms with Crippen LogP contribution in [0.25, 0.3) is 0 Å². The van der Waals surface area contributed by atoms with Crippen LogP contribution in [0.1, 0.15) is 45.9 Å². The molecule has 0 aliphatic carbocycles. The predicted octanol–water partition coefficient (Wildman–Crippen LogP) is 2.41. The number of thioether (sulfide) groups is 2. The molecule has 1 aliphatic heterocycles. The molecule has 0 spiro atoms. The highest BCUT2D eigenvalue weighted by Crippen LogP contribution is 2.42. The fraction of sp³-hybridized carbons (Fsp3) is 0.800. The average Bonchev–Trinajstić information content (AvgIpc) is 3.21. The minimum Gasteiger partial charge on any atom is -0.387 e. The second-order valence-electron chi connectivity index (χ2n) is 9.68. The predicted molar refractivity (Wildman–Crippen MR) is 159 cm³/mol. The monoisotopic (exact) mass is 622 g/mol. The summed E-state index contributed by atoms with van der Waals surface area (Å²) in [5.74, 6) is 1.48. The summed E-state index contributed by atoms with van der Waals surface area (Å²) in [6.07, 6.45) is 1.75. The SMILES string of the molecule is CSCCOC[C@H]1O[C@@H](n2cc(C)c(=O)n(OP(OCCC#N)N(C(C)C)C(C)C)c2=O)[C@H](OCCSC)[C@@H]1O. The van der Waals surface area contributed by atoms with Gasteiger partial charge in [-0.15, -0.1) is 0 Å². The van der Waals surface area contributed by atoms with Crippen LogP contribution in [0.3, 0.4) is 0 Å². The van der Waals surface area contributed by atoms with Crippen molar-refractivity contribution in [2.24, 2.45) is 0 Å². The van der Waals surface area contributed by atoms with Crippen LogP contribution < -0.4 is 15.9 Å². The summed E-state index contributed by atoms with van der Waals surface area (Å²) in [5, 5.41) is 20.1. The van der Waals surface area contributed by atoms with Gasteiger partial charge in [0.15, 0.2) is 6.23 Å². The Morgan fingerprint density at radius 3 is 2.40 bits per heavy atom. The summed E-state index contributed by atoms with van der Waals surface area (Å²) in [7, 11) is -1.93. The van der Waals surface area contributed by atoms with Gasteiger partial charge in [-0.25, -0.2) is 9.46 Å². The van der Waals surface area contributed by atoms with Gasteiger partial charge < -0.3 is 28.5 Å². The molecular weight excluding hydrogens is 579 g/mol. The molecule has 1 aromatic rings. The Balaban J connectivity index is 2.48. The molecule has 0 radical (unpaired) electrons. The standard InChI is InChI=1S/C25H43N4O8PS2/c1-17(2)29(18(3)4)38(35-10-8-9-26)37-28-23(31)19(5)15-27(25(28)32)24-22(34-12-14-40-7)21(30)20(36-24)16-33-11-13-39-6/h15,17-18,20-22,24,30H,8,10-14,16H2,1-7H3/t20-,21-,22-,24-,38?/m1/s1. The topological polar surface area (TPSA) is 137 Å². The molecule has 5 atom stereocenters. The Kier molecular flexibility index (Phi) is 15.5. The highest BCUT2D eigenvalue weighted by Gasteiger charge is 2.46. The normalized spacial score (nSPS) is 21.9. The summed E-state index contributed by atoms with van der Waals surface area (Å²) < 4.78 is 33.5. The maximum Gasteiger partial charge on any atom is 0.367 e. The third-order valence-corrected chi connectivity index (χ3v) is 9.12. The number of hydrogen-bond acceptors (Lipinski definition) is 12. The molecule has 1 fully saturated rings. The highest BCUT2D eigenvalue weighted by atomic mass is 32.2. The van der Waals surface area contributed by atoms with Gasteiger partial charge in [0.1, 0.15) is 18.3 Å². The zero-order valence-electron chi connectivity index (χ0n) is 24.3. The Bertz CT molecular complexity index is 1060. The van der Waals surface area contributed by atoms with Gasteiger partial charge in [0, 0.05) is 35.3 Å². The number of aryl methyl sites for hydroxylation is 1. The molecule has 1 unspecified atom stereocenters. The molecule has 0 bridgehead atoms. The first-order valence-corrected chi connectivity index (χ1v) is 17.1. The van der Waals surface area contributed by atoms with Crippen molar-refractivity contribution in [2.75, 3.05) is 50.4 Å². The lowest BCUT2D eigenvalue weighted by Crippen LogP contribution is -2.48. The Morgan fingerprint density at radius 1 is 1.15 bits per heavy atom. The van der Waals surface area contributed by atoms with E-state index in [2.05, 4.69) is 0 Å². The number of aliphatic hydroxyl groups excluding tert-OH is 1. The smallest absolute Gasteiger partial charge is 0.367 e. The van der Waals surface area contributed by atoms with Gasteiger partial charge >= 0.3 is 14.2 Å². The number of ether oxygens (including phenoxy) is 3. The average molecular weight is 623 g/mol. The highest BCUT2D eigenvalue weighted by molar-refractivity contribution is 7.98. The summed E-state index contributed by atoms with van der Waals surface area (Å²) in [6.45, 7) is 10.4. The van der Waals surface area contributed by atoms with Crippen molar-refractivity contribution in [1.82, 2.24) is 14.0 Å². The molecule has 15 heteroatoms. The summed E-state index contributed by atoms with van der Waals surface area (Å²) in [6, 6.07) is 1.95. The van der Waals surface area contributed by atoms with Gasteiger partial charge in [-0.3, -0.25) is 9.36 Å². The summed E-state index contributed by atoms with van der Waals surface area (Å²) in [4.78, 5) is 26.9. The zero-order valence-corrected chi connectivity index (χ0v) is 26.9. The maximum absolute atomic E-state index is 13.8. The van der Waals surface area contributed by atoms with Crippen LogP contribution in [0.15, 0.2) is 15.8 Å². The van der Waals surface area contributed by atoms with Crippen molar-refractivity contribution >= 4 is 32.0 Å². The second-order valence-corrected chi connectivity index (χ2v) is 13.0. The van der Waals surface area contributed by atoms with Gasteiger partial charge in [0.05, 0.1) is 38.9 Å². The number of aromatic nitrogens is 2. The summed E-state index contributed by atoms with van der Waals surface area (Å²) in [5.41, 5.74) is -1.20. The largest absolute Gasteiger partial charge is 0.387 e. The van der Waals surface area contributed by atoms with Crippen LogP contribution in [-0.4, -0.2) is 99.9 Å². The first-order valence-electron chi connectivity index (χ1n) is 13.2. The summed E-state index contributed by atoms with van der Waals surface area (Å²) >= 11 is 3.23. The van der Waals surface area contributed by atoms with Crippen molar-refractivity contribution in [1.29, 1.82) is 5.26 Å². The van der Waals surface area contributed by atoms with E-state index in [4.69, 9.17) is 28.6 Å². The lowest BCUT2D eigenvalue weighted by molar-refractivity contribution is -0.0780. The van der Waals surface area contributed by atoms with E-state index in [-0.39, 0.29) is 37.3 Å². The number of nitrogens with zero attached hydrogens (tertiary/aromatic N) is 4. The quantitative estimate of drug-likeness (QED) is 0.190. The number of nitriles is 1. The fourth-order valence-corrected chi connectivity index (χ4v) is 6.24. The van der Waals surface area contributed by atoms with Crippen molar-refractivity contribution in [3.05, 3.63) is 32.6 Å². The van der Waals surface area contributed by atoms with Crippen LogP contribution in [0.5, 0.6) is 0 Å². The van der Waals surface area contributed by atoms with E-state index in [9.17, 15) is 14.7 Å². The van der Waals surface area contributed by atoms with Gasteiger partial charge in [-0.1, -0.05) is 4.73 Å². The van der Waals surface area contributed by atoms with Crippen LogP contribution in [0.4, 0.5) is 0 Å². The maximum atomic E-state index is 13.8. The van der Waals surface area contributed by atoms with E-state index < -0.39 is 44.3 Å². The van der Waals surface area contributed by atoms with Crippen molar-refractivity contribution in [3.8, 4) is 6.07 Å². The molecule has 1 N–H and O–H groups in total. The van der Waals surface area contributed by atoms with Gasteiger partial charge in [-0.2, -0.15) is 28.8 Å². The van der Waals surface area contributed by atoms with Gasteiger partial charge in [-0.05, 0) is 47.1 Å². The van der Waals surface area contributed by atoms with Crippen molar-refractivity contribution in [3.63, 3.8) is 0 Å². The molecular formula is C25H43N4O8PS2. The molecule has 2 heterocycles. The second kappa shape index (κ2) is 17.7. The number of hydrogen-bond donors (Lipinski definition) is 1. The van der Waals surface area contributed by atoms with E-state index in [1.54, 1.807) is 30.4 Å². The molecule has 0 aromatic carbocycles. The molecule has 12 nitrogen and oxygen atoms in total. The third kappa shape index (κ3) is 9.44.